The lowest BCUT2D eigenvalue weighted by atomic mass is 9.98. The summed E-state index contributed by atoms with van der Waals surface area (Å²) in [6, 6.07) is 1.28. The summed E-state index contributed by atoms with van der Waals surface area (Å²) in [5, 5.41) is 2.91. The number of nitrogens with one attached hydrogen (secondary N) is 1. The van der Waals surface area contributed by atoms with Crippen LogP contribution in [-0.4, -0.2) is 44.8 Å². The standard InChI is InChI=1S/C14H23N3O4S/c1-10-12(22(19,20)17(2)3)8-11(21-10)13(18)16-14(9-15)6-4-5-7-14/h8H,4-7,9,15H2,1-3H3,(H,16,18). The van der Waals surface area contributed by atoms with Gasteiger partial charge in [-0.1, -0.05) is 12.8 Å². The molecule has 3 N–H and O–H groups in total. The van der Waals surface area contributed by atoms with Gasteiger partial charge in [0, 0.05) is 26.7 Å². The fraction of sp³-hybridized carbons (Fsp3) is 0.643. The molecule has 124 valence electrons. The van der Waals surface area contributed by atoms with Crippen molar-refractivity contribution in [3.8, 4) is 0 Å². The highest BCUT2D eigenvalue weighted by Crippen LogP contribution is 2.29. The number of sulfonamides is 1. The largest absolute Gasteiger partial charge is 0.455 e. The van der Waals surface area contributed by atoms with Crippen molar-refractivity contribution in [1.29, 1.82) is 0 Å². The summed E-state index contributed by atoms with van der Waals surface area (Å²) in [5.74, 6) is -0.222. The number of nitrogens with zero attached hydrogens (tertiary/aromatic N) is 1. The third-order valence-corrected chi connectivity index (χ3v) is 6.11. The molecule has 0 spiro atoms. The predicted octanol–water partition coefficient (Wildman–Crippen LogP) is 0.840. The van der Waals surface area contributed by atoms with Crippen molar-refractivity contribution in [2.24, 2.45) is 5.73 Å². The maximum Gasteiger partial charge on any atom is 0.287 e. The first kappa shape index (κ1) is 17.0. The Morgan fingerprint density at radius 3 is 2.50 bits per heavy atom. The molecule has 1 aromatic rings. The second-order valence-corrected chi connectivity index (χ2v) is 8.08. The average Bonchev–Trinajstić information content (AvgIpc) is 3.06. The maximum absolute atomic E-state index is 12.4. The minimum absolute atomic E-state index is 0.00218. The second-order valence-electron chi connectivity index (χ2n) is 5.96. The van der Waals surface area contributed by atoms with Crippen molar-refractivity contribution >= 4 is 15.9 Å². The lowest BCUT2D eigenvalue weighted by Crippen LogP contribution is -2.51. The van der Waals surface area contributed by atoms with Crippen LogP contribution in [-0.2, 0) is 10.0 Å². The van der Waals surface area contributed by atoms with Crippen molar-refractivity contribution < 1.29 is 17.6 Å². The number of carbonyl (C=O) groups excluding carboxylic acids is 1. The average molecular weight is 329 g/mol. The zero-order valence-electron chi connectivity index (χ0n) is 13.2. The molecule has 1 amide bonds. The van der Waals surface area contributed by atoms with E-state index in [4.69, 9.17) is 10.2 Å². The predicted molar refractivity (Wildman–Crippen MR) is 82.0 cm³/mol. The van der Waals surface area contributed by atoms with E-state index in [1.807, 2.05) is 0 Å². The summed E-state index contributed by atoms with van der Waals surface area (Å²) in [6.45, 7) is 1.89. The molecule has 0 aliphatic heterocycles. The van der Waals surface area contributed by atoms with E-state index in [1.54, 1.807) is 0 Å². The zero-order chi connectivity index (χ0) is 16.5. The maximum atomic E-state index is 12.4. The summed E-state index contributed by atoms with van der Waals surface area (Å²) >= 11 is 0. The Bertz CT molecular complexity index is 658. The fourth-order valence-electron chi connectivity index (χ4n) is 2.76. The van der Waals surface area contributed by atoms with Crippen LogP contribution in [0.4, 0.5) is 0 Å². The van der Waals surface area contributed by atoms with Crippen LogP contribution in [0.25, 0.3) is 0 Å². The number of hydrogen-bond acceptors (Lipinski definition) is 5. The summed E-state index contributed by atoms with van der Waals surface area (Å²) in [4.78, 5) is 12.4. The van der Waals surface area contributed by atoms with Gasteiger partial charge in [-0.15, -0.1) is 0 Å². The number of hydrogen-bond donors (Lipinski definition) is 2. The van der Waals surface area contributed by atoms with Crippen LogP contribution in [0.3, 0.4) is 0 Å². The molecule has 1 saturated carbocycles. The SMILES string of the molecule is Cc1oc(C(=O)NC2(CN)CCCC2)cc1S(=O)(=O)N(C)C. The van der Waals surface area contributed by atoms with E-state index >= 15 is 0 Å². The lowest BCUT2D eigenvalue weighted by Gasteiger charge is -2.28. The van der Waals surface area contributed by atoms with Crippen molar-refractivity contribution in [3.63, 3.8) is 0 Å². The molecule has 0 atom stereocenters. The molecule has 8 heteroatoms. The molecule has 0 saturated heterocycles. The number of carbonyl (C=O) groups is 1. The zero-order valence-corrected chi connectivity index (χ0v) is 14.0. The van der Waals surface area contributed by atoms with Crippen LogP contribution >= 0.6 is 0 Å². The number of rotatable bonds is 5. The van der Waals surface area contributed by atoms with Crippen molar-refractivity contribution in [1.82, 2.24) is 9.62 Å². The van der Waals surface area contributed by atoms with Gasteiger partial charge >= 0.3 is 0 Å². The second kappa shape index (κ2) is 6.02. The molecule has 0 radical (unpaired) electrons. The molecule has 1 aliphatic carbocycles. The molecule has 1 aliphatic rings. The first-order valence-electron chi connectivity index (χ1n) is 7.27. The Hall–Kier alpha value is -1.38. The van der Waals surface area contributed by atoms with E-state index in [0.29, 0.717) is 6.54 Å². The van der Waals surface area contributed by atoms with Gasteiger partial charge in [-0.3, -0.25) is 4.79 Å². The normalized spacial score (nSPS) is 17.9. The van der Waals surface area contributed by atoms with Gasteiger partial charge in [0.05, 0.1) is 5.54 Å². The van der Waals surface area contributed by atoms with Crippen LogP contribution in [0.15, 0.2) is 15.4 Å². The van der Waals surface area contributed by atoms with Gasteiger partial charge in [-0.2, -0.15) is 0 Å². The van der Waals surface area contributed by atoms with Crippen LogP contribution < -0.4 is 11.1 Å². The summed E-state index contributed by atoms with van der Waals surface area (Å²) in [5.41, 5.74) is 5.39. The van der Waals surface area contributed by atoms with E-state index in [9.17, 15) is 13.2 Å². The molecule has 22 heavy (non-hydrogen) atoms. The van der Waals surface area contributed by atoms with Gasteiger partial charge in [-0.25, -0.2) is 12.7 Å². The van der Waals surface area contributed by atoms with Crippen molar-refractivity contribution in [3.05, 3.63) is 17.6 Å². The monoisotopic (exact) mass is 329 g/mol. The Morgan fingerprint density at radius 1 is 1.41 bits per heavy atom. The first-order valence-corrected chi connectivity index (χ1v) is 8.71. The van der Waals surface area contributed by atoms with Gasteiger partial charge in [0.1, 0.15) is 10.7 Å². The van der Waals surface area contributed by atoms with E-state index in [2.05, 4.69) is 5.32 Å². The molecule has 0 unspecified atom stereocenters. The van der Waals surface area contributed by atoms with Crippen molar-refractivity contribution in [2.75, 3.05) is 20.6 Å². The molecule has 0 aromatic carbocycles. The smallest absolute Gasteiger partial charge is 0.287 e. The number of amides is 1. The van der Waals surface area contributed by atoms with Gasteiger partial charge in [0.2, 0.25) is 10.0 Å². The first-order chi connectivity index (χ1) is 10.2. The highest BCUT2D eigenvalue weighted by molar-refractivity contribution is 7.89. The number of furan rings is 1. The van der Waals surface area contributed by atoms with Crippen molar-refractivity contribution in [2.45, 2.75) is 43.0 Å². The molecular formula is C14H23N3O4S. The third-order valence-electron chi connectivity index (χ3n) is 4.18. The molecule has 1 aromatic heterocycles. The highest BCUT2D eigenvalue weighted by Gasteiger charge is 2.35. The van der Waals surface area contributed by atoms with Gasteiger partial charge in [0.15, 0.2) is 5.76 Å². The molecule has 1 heterocycles. The van der Waals surface area contributed by atoms with E-state index < -0.39 is 21.5 Å². The van der Waals surface area contributed by atoms with Crippen LogP contribution in [0, 0.1) is 6.92 Å². The molecule has 7 nitrogen and oxygen atoms in total. The summed E-state index contributed by atoms with van der Waals surface area (Å²) < 4.78 is 30.8. The van der Waals surface area contributed by atoms with Crippen LogP contribution in [0.5, 0.6) is 0 Å². The van der Waals surface area contributed by atoms with Gasteiger partial charge in [0.25, 0.3) is 5.91 Å². The van der Waals surface area contributed by atoms with Gasteiger partial charge in [-0.05, 0) is 19.8 Å². The van der Waals surface area contributed by atoms with Gasteiger partial charge < -0.3 is 15.5 Å². The molecule has 0 bridgehead atoms. The molecule has 1 fully saturated rings. The van der Waals surface area contributed by atoms with E-state index in [0.717, 1.165) is 30.0 Å². The van der Waals surface area contributed by atoms with E-state index in [-0.39, 0.29) is 16.4 Å². The minimum atomic E-state index is -3.63. The number of aryl methyl sites for hydroxylation is 1. The Labute approximate surface area is 130 Å². The quantitative estimate of drug-likeness (QED) is 0.832. The highest BCUT2D eigenvalue weighted by atomic mass is 32.2. The molecular weight excluding hydrogens is 306 g/mol. The Morgan fingerprint density at radius 2 is 2.00 bits per heavy atom. The molecule has 2 rings (SSSR count). The Balaban J connectivity index is 2.25. The minimum Gasteiger partial charge on any atom is -0.455 e. The summed E-state index contributed by atoms with van der Waals surface area (Å²) in [6.07, 6.45) is 3.71. The summed E-state index contributed by atoms with van der Waals surface area (Å²) in [7, 11) is -0.765. The topological polar surface area (TPSA) is 106 Å². The Kier molecular flexibility index (Phi) is 4.65. The lowest BCUT2D eigenvalue weighted by molar-refractivity contribution is 0.0873. The third kappa shape index (κ3) is 3.04. The van der Waals surface area contributed by atoms with Crippen LogP contribution in [0.2, 0.25) is 0 Å². The van der Waals surface area contributed by atoms with Crippen LogP contribution in [0.1, 0.15) is 42.0 Å². The van der Waals surface area contributed by atoms with E-state index in [1.165, 1.54) is 27.1 Å². The number of nitrogens with two attached hydrogens (primary N) is 1. The fourth-order valence-corrected chi connectivity index (χ4v) is 3.82.